The molecule has 0 heterocycles. The predicted octanol–water partition coefficient (Wildman–Crippen LogP) is 4.13. The van der Waals surface area contributed by atoms with Crippen LogP contribution in [0.15, 0.2) is 46.9 Å². The first-order valence-electron chi connectivity index (χ1n) is 6.54. The lowest BCUT2D eigenvalue weighted by molar-refractivity contribution is 0.146. The van der Waals surface area contributed by atoms with Gasteiger partial charge in [-0.05, 0) is 67.8 Å². The molecule has 0 saturated carbocycles. The van der Waals surface area contributed by atoms with Crippen LogP contribution >= 0.6 is 38.5 Å². The Morgan fingerprint density at radius 3 is 2.62 bits per heavy atom. The standard InChI is InChI=1S/C16H17BrINO2/c1-20-8-9-21-15-7-6-11(10-13(15)17)16(19)12-4-2-3-5-14(12)18/h2-7,10,16H,8-9,19H2,1H3. The lowest BCUT2D eigenvalue weighted by Crippen LogP contribution is -2.13. The van der Waals surface area contributed by atoms with Gasteiger partial charge < -0.3 is 15.2 Å². The quantitative estimate of drug-likeness (QED) is 0.519. The van der Waals surface area contributed by atoms with Gasteiger partial charge in [0.15, 0.2) is 0 Å². The Balaban J connectivity index is 2.18. The van der Waals surface area contributed by atoms with Crippen LogP contribution in [0.25, 0.3) is 0 Å². The van der Waals surface area contributed by atoms with Crippen LogP contribution in [0, 0.1) is 3.57 Å². The van der Waals surface area contributed by atoms with Gasteiger partial charge in [-0.1, -0.05) is 24.3 Å². The maximum atomic E-state index is 6.37. The zero-order valence-corrected chi connectivity index (χ0v) is 15.4. The number of halogens is 2. The molecule has 0 fully saturated rings. The Labute approximate surface area is 147 Å². The van der Waals surface area contributed by atoms with Crippen LogP contribution in [-0.2, 0) is 4.74 Å². The van der Waals surface area contributed by atoms with Crippen molar-refractivity contribution in [2.75, 3.05) is 20.3 Å². The summed E-state index contributed by atoms with van der Waals surface area (Å²) in [6.07, 6.45) is 0. The van der Waals surface area contributed by atoms with Crippen molar-refractivity contribution in [1.82, 2.24) is 0 Å². The number of benzene rings is 2. The lowest BCUT2D eigenvalue weighted by atomic mass is 10.00. The van der Waals surface area contributed by atoms with Gasteiger partial charge in [0.25, 0.3) is 0 Å². The van der Waals surface area contributed by atoms with E-state index in [9.17, 15) is 0 Å². The van der Waals surface area contributed by atoms with E-state index in [4.69, 9.17) is 15.2 Å². The van der Waals surface area contributed by atoms with Gasteiger partial charge >= 0.3 is 0 Å². The van der Waals surface area contributed by atoms with E-state index in [-0.39, 0.29) is 6.04 Å². The number of nitrogens with two attached hydrogens (primary N) is 1. The van der Waals surface area contributed by atoms with Crippen molar-refractivity contribution in [3.63, 3.8) is 0 Å². The fraction of sp³-hybridized carbons (Fsp3) is 0.250. The summed E-state index contributed by atoms with van der Waals surface area (Å²) in [7, 11) is 1.65. The third-order valence-corrected chi connectivity index (χ3v) is 4.70. The molecule has 21 heavy (non-hydrogen) atoms. The van der Waals surface area contributed by atoms with Crippen molar-refractivity contribution in [3.05, 3.63) is 61.6 Å². The molecular formula is C16H17BrINO2. The van der Waals surface area contributed by atoms with E-state index >= 15 is 0 Å². The molecule has 112 valence electrons. The molecule has 1 unspecified atom stereocenters. The van der Waals surface area contributed by atoms with Crippen LogP contribution in [0.2, 0.25) is 0 Å². The van der Waals surface area contributed by atoms with E-state index in [0.717, 1.165) is 21.3 Å². The van der Waals surface area contributed by atoms with Crippen LogP contribution in [0.4, 0.5) is 0 Å². The van der Waals surface area contributed by atoms with Crippen molar-refractivity contribution >= 4 is 38.5 Å². The maximum absolute atomic E-state index is 6.37. The number of methoxy groups -OCH3 is 1. The van der Waals surface area contributed by atoms with Crippen LogP contribution in [0.3, 0.4) is 0 Å². The number of rotatable bonds is 6. The van der Waals surface area contributed by atoms with E-state index in [0.29, 0.717) is 13.2 Å². The Hall–Kier alpha value is -0.630. The topological polar surface area (TPSA) is 44.5 Å². The monoisotopic (exact) mass is 461 g/mol. The first kappa shape index (κ1) is 16.7. The molecule has 3 nitrogen and oxygen atoms in total. The average Bonchev–Trinajstić information content (AvgIpc) is 2.49. The van der Waals surface area contributed by atoms with Crippen LogP contribution in [0.1, 0.15) is 17.2 Å². The second-order valence-electron chi connectivity index (χ2n) is 4.53. The molecule has 0 aromatic heterocycles. The zero-order valence-electron chi connectivity index (χ0n) is 11.7. The molecule has 0 aliphatic heterocycles. The SMILES string of the molecule is COCCOc1ccc(C(N)c2ccccc2I)cc1Br. The minimum atomic E-state index is -0.151. The summed E-state index contributed by atoms with van der Waals surface area (Å²) < 4.78 is 12.7. The highest BCUT2D eigenvalue weighted by Gasteiger charge is 2.13. The minimum absolute atomic E-state index is 0.151. The fourth-order valence-electron chi connectivity index (χ4n) is 1.97. The molecule has 0 amide bonds. The van der Waals surface area contributed by atoms with Crippen LogP contribution in [0.5, 0.6) is 5.75 Å². The van der Waals surface area contributed by atoms with Gasteiger partial charge in [0.05, 0.1) is 17.1 Å². The first-order chi connectivity index (χ1) is 10.1. The molecule has 5 heteroatoms. The number of hydrogen-bond donors (Lipinski definition) is 1. The van der Waals surface area contributed by atoms with Gasteiger partial charge in [0.2, 0.25) is 0 Å². The van der Waals surface area contributed by atoms with Gasteiger partial charge in [-0.15, -0.1) is 0 Å². The Bertz CT molecular complexity index is 607. The predicted molar refractivity (Wildman–Crippen MR) is 96.7 cm³/mol. The van der Waals surface area contributed by atoms with Gasteiger partial charge in [-0.2, -0.15) is 0 Å². The van der Waals surface area contributed by atoms with Crippen molar-refractivity contribution in [3.8, 4) is 5.75 Å². The molecule has 0 spiro atoms. The lowest BCUT2D eigenvalue weighted by Gasteiger charge is -2.16. The zero-order chi connectivity index (χ0) is 15.2. The molecule has 0 aliphatic carbocycles. The van der Waals surface area contributed by atoms with E-state index in [1.165, 1.54) is 3.57 Å². The Morgan fingerprint density at radius 2 is 1.95 bits per heavy atom. The third-order valence-electron chi connectivity index (χ3n) is 3.10. The molecule has 0 saturated heterocycles. The van der Waals surface area contributed by atoms with E-state index in [1.807, 2.05) is 30.3 Å². The van der Waals surface area contributed by atoms with E-state index in [1.54, 1.807) is 7.11 Å². The average molecular weight is 462 g/mol. The summed E-state index contributed by atoms with van der Waals surface area (Å²) in [6.45, 7) is 1.09. The normalized spacial score (nSPS) is 12.2. The summed E-state index contributed by atoms with van der Waals surface area (Å²) in [6, 6.07) is 13.9. The van der Waals surface area contributed by atoms with Crippen molar-refractivity contribution < 1.29 is 9.47 Å². The molecule has 2 rings (SSSR count). The first-order valence-corrected chi connectivity index (χ1v) is 8.42. The summed E-state index contributed by atoms with van der Waals surface area (Å²) in [5.41, 5.74) is 8.54. The highest BCUT2D eigenvalue weighted by molar-refractivity contribution is 14.1. The second kappa shape index (κ2) is 8.12. The highest BCUT2D eigenvalue weighted by Crippen LogP contribution is 2.31. The maximum Gasteiger partial charge on any atom is 0.133 e. The minimum Gasteiger partial charge on any atom is -0.490 e. The van der Waals surface area contributed by atoms with Crippen molar-refractivity contribution in [2.24, 2.45) is 5.73 Å². The van der Waals surface area contributed by atoms with Gasteiger partial charge in [0.1, 0.15) is 12.4 Å². The molecule has 0 aliphatic rings. The number of hydrogen-bond acceptors (Lipinski definition) is 3. The van der Waals surface area contributed by atoms with E-state index in [2.05, 4.69) is 50.7 Å². The molecule has 0 radical (unpaired) electrons. The molecule has 2 N–H and O–H groups in total. The molecule has 0 bridgehead atoms. The summed E-state index contributed by atoms with van der Waals surface area (Å²) in [4.78, 5) is 0. The summed E-state index contributed by atoms with van der Waals surface area (Å²) >= 11 is 5.85. The van der Waals surface area contributed by atoms with E-state index < -0.39 is 0 Å². The second-order valence-corrected chi connectivity index (χ2v) is 6.55. The largest absolute Gasteiger partial charge is 0.490 e. The molecule has 2 aromatic carbocycles. The smallest absolute Gasteiger partial charge is 0.133 e. The van der Waals surface area contributed by atoms with Crippen LogP contribution < -0.4 is 10.5 Å². The van der Waals surface area contributed by atoms with Crippen molar-refractivity contribution in [2.45, 2.75) is 6.04 Å². The van der Waals surface area contributed by atoms with Gasteiger partial charge in [0, 0.05) is 10.7 Å². The van der Waals surface area contributed by atoms with Gasteiger partial charge in [-0.3, -0.25) is 0 Å². The van der Waals surface area contributed by atoms with Gasteiger partial charge in [-0.25, -0.2) is 0 Å². The fourth-order valence-corrected chi connectivity index (χ4v) is 3.20. The summed E-state index contributed by atoms with van der Waals surface area (Å²) in [5.74, 6) is 0.797. The van der Waals surface area contributed by atoms with Crippen LogP contribution in [-0.4, -0.2) is 20.3 Å². The Morgan fingerprint density at radius 1 is 1.19 bits per heavy atom. The number of ether oxygens (including phenoxy) is 2. The molecule has 2 aromatic rings. The highest BCUT2D eigenvalue weighted by atomic mass is 127. The van der Waals surface area contributed by atoms with Crippen molar-refractivity contribution in [1.29, 1.82) is 0 Å². The molecular weight excluding hydrogens is 445 g/mol. The summed E-state index contributed by atoms with van der Waals surface area (Å²) in [5, 5.41) is 0. The third kappa shape index (κ3) is 4.42. The Kier molecular flexibility index (Phi) is 6.47. The molecule has 1 atom stereocenters.